The van der Waals surface area contributed by atoms with Crippen molar-refractivity contribution in [2.75, 3.05) is 5.32 Å². The monoisotopic (exact) mass is 258 g/mol. The number of benzene rings is 1. The minimum Gasteiger partial charge on any atom is -0.306 e. The minimum absolute atomic E-state index is 0.206. The average molecular weight is 258 g/mol. The molecule has 0 bridgehead atoms. The summed E-state index contributed by atoms with van der Waals surface area (Å²) in [7, 11) is 0. The van der Waals surface area contributed by atoms with Gasteiger partial charge in [0.15, 0.2) is 0 Å². The molecule has 0 unspecified atom stereocenters. The molecule has 0 radical (unpaired) electrons. The molecule has 2 rings (SSSR count). The Bertz CT molecular complexity index is 579. The highest BCUT2D eigenvalue weighted by Gasteiger charge is 2.08. The van der Waals surface area contributed by atoms with Gasteiger partial charge in [0.1, 0.15) is 5.82 Å². The third-order valence-electron chi connectivity index (χ3n) is 2.80. The second-order valence-corrected chi connectivity index (χ2v) is 4.58. The number of hydrogen-bond donors (Lipinski definition) is 1. The number of nitrogens with zero attached hydrogens (tertiary/aromatic N) is 1. The van der Waals surface area contributed by atoms with Crippen molar-refractivity contribution in [3.05, 3.63) is 59.5 Å². The Balaban J connectivity index is 2.11. The quantitative estimate of drug-likeness (QED) is 0.855. The summed E-state index contributed by atoms with van der Waals surface area (Å²) in [5.41, 5.74) is 1.69. The van der Waals surface area contributed by atoms with E-state index < -0.39 is 5.95 Å². The molecule has 0 fully saturated rings. The zero-order valence-corrected chi connectivity index (χ0v) is 10.9. The van der Waals surface area contributed by atoms with Crippen LogP contribution in [0.15, 0.2) is 42.5 Å². The molecular formula is C15H15FN2O. The summed E-state index contributed by atoms with van der Waals surface area (Å²) in [4.78, 5) is 15.5. The lowest BCUT2D eigenvalue weighted by Gasteiger charge is -2.07. The number of anilines is 1. The maximum atomic E-state index is 12.9. The zero-order valence-electron chi connectivity index (χ0n) is 10.9. The van der Waals surface area contributed by atoms with E-state index in [9.17, 15) is 9.18 Å². The Morgan fingerprint density at radius 3 is 2.42 bits per heavy atom. The summed E-state index contributed by atoms with van der Waals surface area (Å²) >= 11 is 0. The first-order valence-electron chi connectivity index (χ1n) is 6.10. The van der Waals surface area contributed by atoms with Crippen molar-refractivity contribution in [3.63, 3.8) is 0 Å². The molecule has 0 spiro atoms. The van der Waals surface area contributed by atoms with Crippen LogP contribution in [0.2, 0.25) is 0 Å². The maximum absolute atomic E-state index is 12.9. The number of pyridine rings is 1. The Morgan fingerprint density at radius 2 is 1.84 bits per heavy atom. The van der Waals surface area contributed by atoms with E-state index in [4.69, 9.17) is 0 Å². The van der Waals surface area contributed by atoms with Crippen LogP contribution in [-0.4, -0.2) is 10.9 Å². The van der Waals surface area contributed by atoms with Crippen LogP contribution in [0.4, 0.5) is 10.2 Å². The topological polar surface area (TPSA) is 42.0 Å². The molecule has 0 saturated heterocycles. The van der Waals surface area contributed by atoms with Gasteiger partial charge < -0.3 is 5.32 Å². The van der Waals surface area contributed by atoms with E-state index in [1.54, 1.807) is 18.2 Å². The molecule has 1 heterocycles. The van der Waals surface area contributed by atoms with Gasteiger partial charge in [-0.15, -0.1) is 0 Å². The molecule has 4 heteroatoms. The van der Waals surface area contributed by atoms with E-state index >= 15 is 0 Å². The molecule has 1 aromatic carbocycles. The van der Waals surface area contributed by atoms with Crippen LogP contribution in [-0.2, 0) is 0 Å². The summed E-state index contributed by atoms with van der Waals surface area (Å²) in [6.07, 6.45) is 0. The van der Waals surface area contributed by atoms with Crippen molar-refractivity contribution in [2.24, 2.45) is 0 Å². The predicted octanol–water partition coefficient (Wildman–Crippen LogP) is 3.60. The van der Waals surface area contributed by atoms with Crippen LogP contribution in [0.1, 0.15) is 35.7 Å². The number of nitrogens with one attached hydrogen (secondary N) is 1. The van der Waals surface area contributed by atoms with E-state index in [1.807, 2.05) is 12.1 Å². The number of rotatable bonds is 3. The molecule has 19 heavy (non-hydrogen) atoms. The zero-order chi connectivity index (χ0) is 13.8. The second kappa shape index (κ2) is 5.61. The number of aromatic nitrogens is 1. The first kappa shape index (κ1) is 13.2. The second-order valence-electron chi connectivity index (χ2n) is 4.58. The van der Waals surface area contributed by atoms with Crippen LogP contribution in [0.3, 0.4) is 0 Å². The molecule has 1 amide bonds. The van der Waals surface area contributed by atoms with Crippen molar-refractivity contribution in [1.82, 2.24) is 4.98 Å². The largest absolute Gasteiger partial charge is 0.306 e. The first-order chi connectivity index (χ1) is 9.06. The minimum atomic E-state index is -0.618. The van der Waals surface area contributed by atoms with Gasteiger partial charge >= 0.3 is 0 Å². The Labute approximate surface area is 111 Å². The Kier molecular flexibility index (Phi) is 3.90. The molecule has 2 aromatic rings. The average Bonchev–Trinajstić information content (AvgIpc) is 2.39. The van der Waals surface area contributed by atoms with E-state index in [0.717, 1.165) is 0 Å². The number of hydrogen-bond acceptors (Lipinski definition) is 2. The molecule has 1 N–H and O–H groups in total. The van der Waals surface area contributed by atoms with Crippen LogP contribution >= 0.6 is 0 Å². The van der Waals surface area contributed by atoms with Crippen LogP contribution in [0, 0.1) is 5.95 Å². The standard InChI is InChI=1S/C15H15FN2O/c1-10(2)11-6-8-12(9-7-11)15(19)18-14-5-3-4-13(16)17-14/h3-10H,1-2H3,(H,17,18,19). The summed E-state index contributed by atoms with van der Waals surface area (Å²) in [5.74, 6) is -0.290. The first-order valence-corrected chi connectivity index (χ1v) is 6.10. The van der Waals surface area contributed by atoms with Crippen molar-refractivity contribution in [2.45, 2.75) is 19.8 Å². The molecule has 0 aliphatic heterocycles. The molecule has 1 aromatic heterocycles. The Morgan fingerprint density at radius 1 is 1.16 bits per heavy atom. The summed E-state index contributed by atoms with van der Waals surface area (Å²) in [6.45, 7) is 4.18. The fraction of sp³-hybridized carbons (Fsp3) is 0.200. The van der Waals surface area contributed by atoms with Gasteiger partial charge in [0.05, 0.1) is 0 Å². The van der Waals surface area contributed by atoms with Crippen LogP contribution in [0.5, 0.6) is 0 Å². The molecule has 98 valence electrons. The van der Waals surface area contributed by atoms with Crippen molar-refractivity contribution in [1.29, 1.82) is 0 Å². The van der Waals surface area contributed by atoms with Gasteiger partial charge in [-0.1, -0.05) is 32.0 Å². The maximum Gasteiger partial charge on any atom is 0.256 e. The van der Waals surface area contributed by atoms with Crippen molar-refractivity contribution < 1.29 is 9.18 Å². The fourth-order valence-electron chi connectivity index (χ4n) is 1.69. The third-order valence-corrected chi connectivity index (χ3v) is 2.80. The van der Waals surface area contributed by atoms with E-state index in [-0.39, 0.29) is 11.7 Å². The number of carbonyl (C=O) groups is 1. The summed E-state index contributed by atoms with van der Waals surface area (Å²) in [6, 6.07) is 11.6. The van der Waals surface area contributed by atoms with E-state index in [2.05, 4.69) is 24.1 Å². The van der Waals surface area contributed by atoms with Crippen LogP contribution < -0.4 is 5.32 Å². The molecule has 0 saturated carbocycles. The predicted molar refractivity (Wildman–Crippen MR) is 72.7 cm³/mol. The summed E-state index contributed by atoms with van der Waals surface area (Å²) < 4.78 is 12.9. The Hall–Kier alpha value is -2.23. The highest BCUT2D eigenvalue weighted by atomic mass is 19.1. The van der Waals surface area contributed by atoms with Crippen LogP contribution in [0.25, 0.3) is 0 Å². The van der Waals surface area contributed by atoms with Crippen molar-refractivity contribution >= 4 is 11.7 Å². The van der Waals surface area contributed by atoms with E-state index in [1.165, 1.54) is 17.7 Å². The van der Waals surface area contributed by atoms with Gasteiger partial charge in [0.2, 0.25) is 5.95 Å². The summed E-state index contributed by atoms with van der Waals surface area (Å²) in [5, 5.41) is 2.56. The normalized spacial score (nSPS) is 10.5. The fourth-order valence-corrected chi connectivity index (χ4v) is 1.69. The molecule has 0 aliphatic carbocycles. The van der Waals surface area contributed by atoms with Gasteiger partial charge in [0.25, 0.3) is 5.91 Å². The lowest BCUT2D eigenvalue weighted by atomic mass is 10.0. The van der Waals surface area contributed by atoms with Gasteiger partial charge in [0, 0.05) is 5.56 Å². The highest BCUT2D eigenvalue weighted by molar-refractivity contribution is 6.03. The lowest BCUT2D eigenvalue weighted by molar-refractivity contribution is 0.102. The lowest BCUT2D eigenvalue weighted by Crippen LogP contribution is -2.13. The molecule has 0 atom stereocenters. The van der Waals surface area contributed by atoms with Gasteiger partial charge in [-0.05, 0) is 35.7 Å². The smallest absolute Gasteiger partial charge is 0.256 e. The SMILES string of the molecule is CC(C)c1ccc(C(=O)Nc2cccc(F)n2)cc1. The molecular weight excluding hydrogens is 243 g/mol. The number of carbonyl (C=O) groups excluding carboxylic acids is 1. The van der Waals surface area contributed by atoms with Gasteiger partial charge in [-0.2, -0.15) is 4.39 Å². The molecule has 0 aliphatic rings. The highest BCUT2D eigenvalue weighted by Crippen LogP contribution is 2.15. The molecule has 3 nitrogen and oxygen atoms in total. The third kappa shape index (κ3) is 3.37. The van der Waals surface area contributed by atoms with Crippen molar-refractivity contribution in [3.8, 4) is 0 Å². The van der Waals surface area contributed by atoms with Gasteiger partial charge in [-0.25, -0.2) is 4.98 Å². The number of amides is 1. The van der Waals surface area contributed by atoms with Gasteiger partial charge in [-0.3, -0.25) is 4.79 Å². The number of halogens is 1. The van der Waals surface area contributed by atoms with E-state index in [0.29, 0.717) is 11.5 Å².